The molecule has 1 fully saturated rings. The predicted octanol–water partition coefficient (Wildman–Crippen LogP) is -0.0640. The first-order valence-electron chi connectivity index (χ1n) is 5.10. The highest BCUT2D eigenvalue weighted by atomic mass is 16.3. The highest BCUT2D eigenvalue weighted by Gasteiger charge is 2.34. The molecule has 2 rings (SSSR count). The number of nitrogens with two attached hydrogens (primary N) is 1. The summed E-state index contributed by atoms with van der Waals surface area (Å²) < 4.78 is 0. The van der Waals surface area contributed by atoms with Crippen LogP contribution < -0.4 is 10.6 Å². The number of amides is 2. The van der Waals surface area contributed by atoms with Gasteiger partial charge in [-0.25, -0.2) is 0 Å². The van der Waals surface area contributed by atoms with Crippen molar-refractivity contribution < 1.29 is 19.8 Å². The molecule has 1 aromatic rings. The van der Waals surface area contributed by atoms with Crippen LogP contribution in [0.25, 0.3) is 0 Å². The van der Waals surface area contributed by atoms with Gasteiger partial charge in [0.15, 0.2) is 0 Å². The van der Waals surface area contributed by atoms with E-state index in [1.165, 1.54) is 17.0 Å². The number of phenolic OH excluding ortho intramolecular Hbond substituents is 2. The second kappa shape index (κ2) is 3.97. The Balaban J connectivity index is 2.28. The Morgan fingerprint density at radius 1 is 1.29 bits per heavy atom. The molecule has 0 spiro atoms. The van der Waals surface area contributed by atoms with Crippen molar-refractivity contribution in [1.82, 2.24) is 0 Å². The monoisotopic (exact) mass is 236 g/mol. The number of phenols is 2. The molecule has 0 saturated carbocycles. The summed E-state index contributed by atoms with van der Waals surface area (Å²) in [5.74, 6) is -1.58. The molecular formula is C11H12N2O4. The van der Waals surface area contributed by atoms with Crippen molar-refractivity contribution in [3.8, 4) is 11.5 Å². The fourth-order valence-electron chi connectivity index (χ4n) is 1.88. The van der Waals surface area contributed by atoms with Crippen LogP contribution in [0.4, 0.5) is 5.69 Å². The quantitative estimate of drug-likeness (QED) is 0.668. The van der Waals surface area contributed by atoms with Gasteiger partial charge in [-0.3, -0.25) is 9.59 Å². The van der Waals surface area contributed by atoms with Crippen molar-refractivity contribution in [3.63, 3.8) is 0 Å². The van der Waals surface area contributed by atoms with E-state index >= 15 is 0 Å². The number of rotatable bonds is 2. The van der Waals surface area contributed by atoms with Crippen molar-refractivity contribution in [1.29, 1.82) is 0 Å². The van der Waals surface area contributed by atoms with Crippen molar-refractivity contribution in [3.05, 3.63) is 18.2 Å². The average molecular weight is 236 g/mol. The van der Waals surface area contributed by atoms with Crippen LogP contribution in [0.3, 0.4) is 0 Å². The van der Waals surface area contributed by atoms with Gasteiger partial charge in [-0.1, -0.05) is 0 Å². The lowest BCUT2D eigenvalue weighted by Gasteiger charge is -2.16. The largest absolute Gasteiger partial charge is 0.508 e. The molecule has 1 saturated heterocycles. The first-order valence-corrected chi connectivity index (χ1v) is 5.10. The van der Waals surface area contributed by atoms with Gasteiger partial charge in [0, 0.05) is 31.2 Å². The number of aromatic hydroxyl groups is 2. The van der Waals surface area contributed by atoms with E-state index in [0.717, 1.165) is 6.07 Å². The molecule has 90 valence electrons. The molecule has 1 heterocycles. The minimum absolute atomic E-state index is 0.0613. The van der Waals surface area contributed by atoms with E-state index in [-0.39, 0.29) is 30.4 Å². The number of benzene rings is 1. The number of hydrogen-bond donors (Lipinski definition) is 3. The summed E-state index contributed by atoms with van der Waals surface area (Å²) in [6, 6.07) is 3.86. The van der Waals surface area contributed by atoms with Crippen LogP contribution in [0.5, 0.6) is 11.5 Å². The summed E-state index contributed by atoms with van der Waals surface area (Å²) in [7, 11) is 0. The number of primary amides is 1. The van der Waals surface area contributed by atoms with Crippen LogP contribution in [0.2, 0.25) is 0 Å². The van der Waals surface area contributed by atoms with E-state index in [2.05, 4.69) is 0 Å². The fourth-order valence-corrected chi connectivity index (χ4v) is 1.88. The molecule has 1 aliphatic rings. The molecule has 6 heteroatoms. The summed E-state index contributed by atoms with van der Waals surface area (Å²) >= 11 is 0. The van der Waals surface area contributed by atoms with Crippen molar-refractivity contribution >= 4 is 17.5 Å². The maximum Gasteiger partial charge on any atom is 0.227 e. The summed E-state index contributed by atoms with van der Waals surface area (Å²) in [4.78, 5) is 24.0. The van der Waals surface area contributed by atoms with Gasteiger partial charge in [-0.15, -0.1) is 0 Å². The molecule has 0 bridgehead atoms. The van der Waals surface area contributed by atoms with Crippen molar-refractivity contribution in [2.45, 2.75) is 6.42 Å². The van der Waals surface area contributed by atoms with Crippen LogP contribution in [0.1, 0.15) is 6.42 Å². The molecule has 2 amide bonds. The summed E-state index contributed by atoms with van der Waals surface area (Å²) in [5.41, 5.74) is 5.50. The number of carbonyl (C=O) groups excluding carboxylic acids is 2. The summed E-state index contributed by atoms with van der Waals surface area (Å²) in [6.07, 6.45) is 0.0613. The van der Waals surface area contributed by atoms with Crippen molar-refractivity contribution in [2.24, 2.45) is 11.7 Å². The van der Waals surface area contributed by atoms with Gasteiger partial charge in [-0.2, -0.15) is 0 Å². The maximum atomic E-state index is 11.7. The van der Waals surface area contributed by atoms with Crippen molar-refractivity contribution in [2.75, 3.05) is 11.4 Å². The predicted molar refractivity (Wildman–Crippen MR) is 59.4 cm³/mol. The first-order chi connectivity index (χ1) is 7.97. The third-order valence-corrected chi connectivity index (χ3v) is 2.73. The van der Waals surface area contributed by atoms with Crippen LogP contribution in [0, 0.1) is 5.92 Å². The molecule has 1 aliphatic heterocycles. The second-order valence-electron chi connectivity index (χ2n) is 4.02. The molecule has 0 aromatic heterocycles. The molecule has 1 atom stereocenters. The number of carbonyl (C=O) groups is 2. The zero-order valence-electron chi connectivity index (χ0n) is 8.96. The van der Waals surface area contributed by atoms with Crippen LogP contribution in [-0.4, -0.2) is 28.6 Å². The van der Waals surface area contributed by atoms with E-state index in [0.29, 0.717) is 5.69 Å². The second-order valence-corrected chi connectivity index (χ2v) is 4.02. The minimum atomic E-state index is -0.523. The topological polar surface area (TPSA) is 104 Å². The van der Waals surface area contributed by atoms with Crippen LogP contribution in [-0.2, 0) is 9.59 Å². The number of anilines is 1. The van der Waals surface area contributed by atoms with E-state index in [4.69, 9.17) is 5.73 Å². The van der Waals surface area contributed by atoms with Crippen LogP contribution >= 0.6 is 0 Å². The zero-order valence-corrected chi connectivity index (χ0v) is 8.96. The third-order valence-electron chi connectivity index (χ3n) is 2.73. The van der Waals surface area contributed by atoms with E-state index < -0.39 is 11.8 Å². The molecule has 17 heavy (non-hydrogen) atoms. The zero-order chi connectivity index (χ0) is 12.6. The Bertz CT molecular complexity index is 466. The Hall–Kier alpha value is -2.24. The SMILES string of the molecule is NC(=O)C1CC(=O)N(c2cc(O)cc(O)c2)C1. The molecule has 1 aromatic carbocycles. The van der Waals surface area contributed by atoms with Gasteiger partial charge < -0.3 is 20.8 Å². The van der Waals surface area contributed by atoms with Gasteiger partial charge in [0.25, 0.3) is 0 Å². The lowest BCUT2D eigenvalue weighted by atomic mass is 10.1. The lowest BCUT2D eigenvalue weighted by molar-refractivity contribution is -0.123. The van der Waals surface area contributed by atoms with Gasteiger partial charge in [0.05, 0.1) is 11.6 Å². The summed E-state index contributed by atoms with van der Waals surface area (Å²) in [6.45, 7) is 0.178. The minimum Gasteiger partial charge on any atom is -0.508 e. The molecule has 0 aliphatic carbocycles. The Labute approximate surface area is 97.3 Å². The number of nitrogens with zero attached hydrogens (tertiary/aromatic N) is 1. The van der Waals surface area contributed by atoms with Gasteiger partial charge >= 0.3 is 0 Å². The molecule has 1 unspecified atom stereocenters. The first kappa shape index (κ1) is 11.3. The Morgan fingerprint density at radius 3 is 2.35 bits per heavy atom. The van der Waals surface area contributed by atoms with Crippen LogP contribution in [0.15, 0.2) is 18.2 Å². The van der Waals surface area contributed by atoms with E-state index in [9.17, 15) is 19.8 Å². The van der Waals surface area contributed by atoms with E-state index in [1.54, 1.807) is 0 Å². The smallest absolute Gasteiger partial charge is 0.227 e. The molecule has 6 nitrogen and oxygen atoms in total. The lowest BCUT2D eigenvalue weighted by Crippen LogP contribution is -2.28. The standard InChI is InChI=1S/C11H12N2O4/c12-11(17)6-1-10(16)13(5-6)7-2-8(14)4-9(15)3-7/h2-4,6,14-15H,1,5H2,(H2,12,17). The highest BCUT2D eigenvalue weighted by molar-refractivity contribution is 6.00. The highest BCUT2D eigenvalue weighted by Crippen LogP contribution is 2.31. The molecule has 4 N–H and O–H groups in total. The average Bonchev–Trinajstić information content (AvgIpc) is 2.59. The van der Waals surface area contributed by atoms with Gasteiger partial charge in [0.2, 0.25) is 11.8 Å². The van der Waals surface area contributed by atoms with E-state index in [1.807, 2.05) is 0 Å². The maximum absolute atomic E-state index is 11.7. The molecular weight excluding hydrogens is 224 g/mol. The molecule has 0 radical (unpaired) electrons. The summed E-state index contributed by atoms with van der Waals surface area (Å²) in [5, 5.41) is 18.7. The number of hydrogen-bond acceptors (Lipinski definition) is 4. The van der Waals surface area contributed by atoms with Gasteiger partial charge in [-0.05, 0) is 0 Å². The fraction of sp³-hybridized carbons (Fsp3) is 0.273. The van der Waals surface area contributed by atoms with Gasteiger partial charge in [0.1, 0.15) is 11.5 Å². The third kappa shape index (κ3) is 2.15. The normalized spacial score (nSPS) is 19.6. The Kier molecular flexibility index (Phi) is 2.63. The Morgan fingerprint density at radius 2 is 1.88 bits per heavy atom.